The summed E-state index contributed by atoms with van der Waals surface area (Å²) in [4.78, 5) is 2.57. The van der Waals surface area contributed by atoms with Crippen molar-refractivity contribution in [1.29, 1.82) is 0 Å². The predicted molar refractivity (Wildman–Crippen MR) is 70.7 cm³/mol. The molecule has 1 heterocycles. The molecular formula is C15H23NO. The van der Waals surface area contributed by atoms with E-state index in [4.69, 9.17) is 5.11 Å². The number of hydrogen-bond donors (Lipinski definition) is 1. The summed E-state index contributed by atoms with van der Waals surface area (Å²) in [7, 11) is 0. The minimum Gasteiger partial charge on any atom is -0.396 e. The van der Waals surface area contributed by atoms with Crippen molar-refractivity contribution >= 4 is 0 Å². The molecule has 1 N–H and O–H groups in total. The second-order valence-corrected chi connectivity index (χ2v) is 5.16. The van der Waals surface area contributed by atoms with Crippen molar-refractivity contribution in [3.8, 4) is 0 Å². The highest BCUT2D eigenvalue weighted by Crippen LogP contribution is 2.28. The zero-order valence-electron chi connectivity index (χ0n) is 10.7. The van der Waals surface area contributed by atoms with Crippen molar-refractivity contribution in [2.75, 3.05) is 13.2 Å². The molecule has 0 radical (unpaired) electrons. The Kier molecular flexibility index (Phi) is 4.57. The Hall–Kier alpha value is -0.860. The lowest BCUT2D eigenvalue weighted by Crippen LogP contribution is -2.50. The van der Waals surface area contributed by atoms with Crippen LogP contribution in [0.25, 0.3) is 0 Å². The van der Waals surface area contributed by atoms with Gasteiger partial charge in [-0.2, -0.15) is 0 Å². The van der Waals surface area contributed by atoms with E-state index in [2.05, 4.69) is 42.2 Å². The molecule has 94 valence electrons. The van der Waals surface area contributed by atoms with Crippen LogP contribution in [-0.2, 0) is 6.54 Å². The fourth-order valence-corrected chi connectivity index (χ4v) is 2.73. The average molecular weight is 233 g/mol. The van der Waals surface area contributed by atoms with Crippen molar-refractivity contribution in [2.45, 2.75) is 38.8 Å². The van der Waals surface area contributed by atoms with Crippen LogP contribution in [0, 0.1) is 5.92 Å². The molecule has 2 rings (SSSR count). The summed E-state index contributed by atoms with van der Waals surface area (Å²) >= 11 is 0. The van der Waals surface area contributed by atoms with Gasteiger partial charge in [-0.05, 0) is 30.7 Å². The normalized spacial score (nSPS) is 22.1. The van der Waals surface area contributed by atoms with E-state index in [1.807, 2.05) is 0 Å². The number of likely N-dealkylation sites (tertiary alicyclic amines) is 1. The maximum atomic E-state index is 8.88. The zero-order chi connectivity index (χ0) is 12.1. The van der Waals surface area contributed by atoms with Crippen LogP contribution in [0.1, 0.15) is 31.7 Å². The van der Waals surface area contributed by atoms with E-state index in [1.165, 1.54) is 18.5 Å². The first-order chi connectivity index (χ1) is 8.31. The van der Waals surface area contributed by atoms with Gasteiger partial charge in [-0.25, -0.2) is 0 Å². The molecular weight excluding hydrogens is 210 g/mol. The summed E-state index contributed by atoms with van der Waals surface area (Å²) in [6.45, 7) is 4.95. The number of benzene rings is 1. The second-order valence-electron chi connectivity index (χ2n) is 5.16. The third-order valence-electron chi connectivity index (χ3n) is 3.88. The number of rotatable bonds is 6. The van der Waals surface area contributed by atoms with Crippen molar-refractivity contribution in [1.82, 2.24) is 4.90 Å². The molecule has 2 heteroatoms. The molecule has 2 nitrogen and oxygen atoms in total. The average Bonchev–Trinajstić information content (AvgIpc) is 2.33. The Bertz CT molecular complexity index is 325. The molecule has 2 unspecified atom stereocenters. The maximum absolute atomic E-state index is 8.88. The van der Waals surface area contributed by atoms with E-state index in [0.717, 1.165) is 25.4 Å². The lowest BCUT2D eigenvalue weighted by Gasteiger charge is -2.44. The SMILES string of the molecule is CC(CCCO)C1CCN1Cc1ccccc1. The highest BCUT2D eigenvalue weighted by Gasteiger charge is 2.31. The molecule has 1 aliphatic heterocycles. The topological polar surface area (TPSA) is 23.5 Å². The minimum atomic E-state index is 0.329. The number of hydrogen-bond acceptors (Lipinski definition) is 2. The van der Waals surface area contributed by atoms with Gasteiger partial charge in [0, 0.05) is 25.7 Å². The summed E-state index contributed by atoms with van der Waals surface area (Å²) in [6, 6.07) is 11.4. The Morgan fingerprint density at radius 1 is 1.35 bits per heavy atom. The first-order valence-electron chi connectivity index (χ1n) is 6.70. The number of nitrogens with zero attached hydrogens (tertiary/aromatic N) is 1. The first kappa shape index (κ1) is 12.6. The highest BCUT2D eigenvalue weighted by atomic mass is 16.2. The van der Waals surface area contributed by atoms with Gasteiger partial charge in [-0.15, -0.1) is 0 Å². The largest absolute Gasteiger partial charge is 0.396 e. The van der Waals surface area contributed by atoms with Gasteiger partial charge < -0.3 is 5.11 Å². The Morgan fingerprint density at radius 3 is 2.71 bits per heavy atom. The van der Waals surface area contributed by atoms with Gasteiger partial charge in [0.05, 0.1) is 0 Å². The lowest BCUT2D eigenvalue weighted by atomic mass is 9.87. The smallest absolute Gasteiger partial charge is 0.0431 e. The van der Waals surface area contributed by atoms with E-state index in [1.54, 1.807) is 0 Å². The Balaban J connectivity index is 1.82. The first-order valence-corrected chi connectivity index (χ1v) is 6.70. The van der Waals surface area contributed by atoms with Gasteiger partial charge in [0.1, 0.15) is 0 Å². The summed E-state index contributed by atoms with van der Waals surface area (Å²) in [5, 5.41) is 8.88. The maximum Gasteiger partial charge on any atom is 0.0431 e. The van der Waals surface area contributed by atoms with E-state index in [-0.39, 0.29) is 0 Å². The summed E-state index contributed by atoms with van der Waals surface area (Å²) in [5.41, 5.74) is 1.41. The molecule has 17 heavy (non-hydrogen) atoms. The molecule has 0 amide bonds. The minimum absolute atomic E-state index is 0.329. The third-order valence-corrected chi connectivity index (χ3v) is 3.88. The van der Waals surface area contributed by atoms with Crippen LogP contribution in [0.3, 0.4) is 0 Å². The molecule has 0 saturated carbocycles. The van der Waals surface area contributed by atoms with E-state index in [9.17, 15) is 0 Å². The summed E-state index contributed by atoms with van der Waals surface area (Å²) < 4.78 is 0. The fourth-order valence-electron chi connectivity index (χ4n) is 2.73. The van der Waals surface area contributed by atoms with Crippen LogP contribution < -0.4 is 0 Å². The van der Waals surface area contributed by atoms with Gasteiger partial charge in [0.2, 0.25) is 0 Å². The van der Waals surface area contributed by atoms with Gasteiger partial charge in [-0.1, -0.05) is 37.3 Å². The van der Waals surface area contributed by atoms with E-state index in [0.29, 0.717) is 12.5 Å². The van der Waals surface area contributed by atoms with E-state index >= 15 is 0 Å². The molecule has 0 aromatic heterocycles. The molecule has 1 fully saturated rings. The Labute approximate surface area is 104 Å². The van der Waals surface area contributed by atoms with Crippen LogP contribution in [0.4, 0.5) is 0 Å². The van der Waals surface area contributed by atoms with Crippen molar-refractivity contribution in [3.05, 3.63) is 35.9 Å². The summed E-state index contributed by atoms with van der Waals surface area (Å²) in [5.74, 6) is 0.708. The molecule has 1 aliphatic rings. The van der Waals surface area contributed by atoms with Gasteiger partial charge in [-0.3, -0.25) is 4.90 Å². The molecule has 0 aliphatic carbocycles. The predicted octanol–water partition coefficient (Wildman–Crippen LogP) is 2.67. The van der Waals surface area contributed by atoms with Crippen molar-refractivity contribution in [2.24, 2.45) is 5.92 Å². The van der Waals surface area contributed by atoms with Crippen molar-refractivity contribution in [3.63, 3.8) is 0 Å². The Morgan fingerprint density at radius 2 is 2.12 bits per heavy atom. The van der Waals surface area contributed by atoms with Crippen LogP contribution in [0.15, 0.2) is 30.3 Å². The standard InChI is InChI=1S/C15H23NO/c1-13(6-5-11-17)15-9-10-16(15)12-14-7-3-2-4-8-14/h2-4,7-8,13,15,17H,5-6,9-12H2,1H3. The van der Waals surface area contributed by atoms with Gasteiger partial charge in [0.25, 0.3) is 0 Å². The summed E-state index contributed by atoms with van der Waals surface area (Å²) in [6.07, 6.45) is 3.41. The van der Waals surface area contributed by atoms with Gasteiger partial charge in [0.15, 0.2) is 0 Å². The number of aliphatic hydroxyl groups excluding tert-OH is 1. The quantitative estimate of drug-likeness (QED) is 0.816. The molecule has 1 aromatic carbocycles. The second kappa shape index (κ2) is 6.18. The molecule has 2 atom stereocenters. The van der Waals surface area contributed by atoms with E-state index < -0.39 is 0 Å². The fraction of sp³-hybridized carbons (Fsp3) is 0.600. The van der Waals surface area contributed by atoms with Crippen LogP contribution in [0.5, 0.6) is 0 Å². The highest BCUT2D eigenvalue weighted by molar-refractivity contribution is 5.15. The molecule has 0 bridgehead atoms. The molecule has 0 spiro atoms. The number of aliphatic hydroxyl groups is 1. The van der Waals surface area contributed by atoms with Crippen LogP contribution >= 0.6 is 0 Å². The van der Waals surface area contributed by atoms with Crippen LogP contribution in [0.2, 0.25) is 0 Å². The molecule has 1 saturated heterocycles. The zero-order valence-corrected chi connectivity index (χ0v) is 10.7. The lowest BCUT2D eigenvalue weighted by molar-refractivity contribution is 0.0374. The molecule has 1 aromatic rings. The van der Waals surface area contributed by atoms with Gasteiger partial charge >= 0.3 is 0 Å². The van der Waals surface area contributed by atoms with Crippen LogP contribution in [-0.4, -0.2) is 29.2 Å². The monoisotopic (exact) mass is 233 g/mol. The third kappa shape index (κ3) is 3.30. The van der Waals surface area contributed by atoms with Crippen molar-refractivity contribution < 1.29 is 5.11 Å².